The number of aliphatic carboxylic acids is 1. The summed E-state index contributed by atoms with van der Waals surface area (Å²) in [6, 6.07) is 4.59. The van der Waals surface area contributed by atoms with Crippen LogP contribution < -0.4 is 10.1 Å². The second-order valence-electron chi connectivity index (χ2n) is 4.46. The number of carboxylic acids is 1. The van der Waals surface area contributed by atoms with Gasteiger partial charge in [0.25, 0.3) is 0 Å². The summed E-state index contributed by atoms with van der Waals surface area (Å²) in [6.07, 6.45) is 3.49. The standard InChI is InChI=1S/C15H17F2NO4/c1-2-3-4-12(14(20)21)18-13(19)9-10-5-7-11(8-6-10)22-15(16)17/h2-3,5-8,12,15H,4,9H2,1H3,(H,18,19)(H,20,21)/b3-2+. The van der Waals surface area contributed by atoms with Crippen molar-refractivity contribution in [2.45, 2.75) is 32.4 Å². The molecule has 0 aliphatic heterocycles. The number of carbonyl (C=O) groups excluding carboxylic acids is 1. The SMILES string of the molecule is C/C=C/CC(NC(=O)Cc1ccc(OC(F)F)cc1)C(=O)O. The lowest BCUT2D eigenvalue weighted by Crippen LogP contribution is -2.41. The molecule has 0 radical (unpaired) electrons. The van der Waals surface area contributed by atoms with Crippen molar-refractivity contribution in [3.8, 4) is 5.75 Å². The van der Waals surface area contributed by atoms with Crippen LogP contribution in [0, 0.1) is 0 Å². The number of carbonyl (C=O) groups is 2. The zero-order chi connectivity index (χ0) is 16.5. The van der Waals surface area contributed by atoms with Gasteiger partial charge in [-0.3, -0.25) is 4.79 Å². The van der Waals surface area contributed by atoms with Crippen LogP contribution in [-0.4, -0.2) is 29.6 Å². The van der Waals surface area contributed by atoms with Crippen LogP contribution in [0.1, 0.15) is 18.9 Å². The van der Waals surface area contributed by atoms with Gasteiger partial charge in [-0.05, 0) is 31.0 Å². The molecule has 2 N–H and O–H groups in total. The summed E-state index contributed by atoms with van der Waals surface area (Å²) in [4.78, 5) is 22.8. The quantitative estimate of drug-likeness (QED) is 0.723. The van der Waals surface area contributed by atoms with Gasteiger partial charge in [-0.2, -0.15) is 8.78 Å². The number of ether oxygens (including phenoxy) is 1. The Labute approximate surface area is 126 Å². The van der Waals surface area contributed by atoms with Crippen molar-refractivity contribution in [2.75, 3.05) is 0 Å². The maximum absolute atomic E-state index is 12.0. The molecule has 1 rings (SSSR count). The molecule has 1 unspecified atom stereocenters. The van der Waals surface area contributed by atoms with Crippen LogP contribution in [0.5, 0.6) is 5.75 Å². The first-order chi connectivity index (χ1) is 10.4. The molecular weight excluding hydrogens is 296 g/mol. The Bertz CT molecular complexity index is 529. The Morgan fingerprint density at radius 3 is 2.45 bits per heavy atom. The number of rotatable bonds is 8. The van der Waals surface area contributed by atoms with E-state index in [4.69, 9.17) is 5.11 Å². The van der Waals surface area contributed by atoms with Crippen molar-refractivity contribution in [3.63, 3.8) is 0 Å². The van der Waals surface area contributed by atoms with Crippen molar-refractivity contribution in [1.82, 2.24) is 5.32 Å². The van der Waals surface area contributed by atoms with Gasteiger partial charge >= 0.3 is 12.6 Å². The van der Waals surface area contributed by atoms with Crippen LogP contribution in [0.15, 0.2) is 36.4 Å². The van der Waals surface area contributed by atoms with E-state index in [9.17, 15) is 18.4 Å². The molecule has 0 aliphatic carbocycles. The van der Waals surface area contributed by atoms with Crippen LogP contribution in [0.3, 0.4) is 0 Å². The number of amides is 1. The van der Waals surface area contributed by atoms with Gasteiger partial charge < -0.3 is 15.2 Å². The van der Waals surface area contributed by atoms with Gasteiger partial charge in [0.15, 0.2) is 0 Å². The van der Waals surface area contributed by atoms with Gasteiger partial charge in [0.05, 0.1) is 6.42 Å². The minimum Gasteiger partial charge on any atom is -0.480 e. The van der Waals surface area contributed by atoms with Gasteiger partial charge in [-0.1, -0.05) is 24.3 Å². The summed E-state index contributed by atoms with van der Waals surface area (Å²) in [5.74, 6) is -1.58. The molecule has 7 heteroatoms. The third kappa shape index (κ3) is 6.34. The van der Waals surface area contributed by atoms with E-state index < -0.39 is 24.5 Å². The highest BCUT2D eigenvalue weighted by Crippen LogP contribution is 2.15. The molecule has 0 aliphatic rings. The molecule has 1 aromatic carbocycles. The van der Waals surface area contributed by atoms with Crippen LogP contribution in [0.2, 0.25) is 0 Å². The summed E-state index contributed by atoms with van der Waals surface area (Å²) >= 11 is 0. The number of carboxylic acid groups (broad SMARTS) is 1. The Balaban J connectivity index is 2.58. The molecule has 1 amide bonds. The normalized spacial score (nSPS) is 12.4. The van der Waals surface area contributed by atoms with Gasteiger partial charge in [0.2, 0.25) is 5.91 Å². The average Bonchev–Trinajstić information content (AvgIpc) is 2.44. The molecule has 0 bridgehead atoms. The molecular formula is C15H17F2NO4. The second kappa shape index (κ2) is 8.76. The molecule has 0 saturated heterocycles. The van der Waals surface area contributed by atoms with E-state index in [0.717, 1.165) is 0 Å². The lowest BCUT2D eigenvalue weighted by atomic mass is 10.1. The van der Waals surface area contributed by atoms with Crippen LogP contribution >= 0.6 is 0 Å². The van der Waals surface area contributed by atoms with Gasteiger partial charge in [-0.15, -0.1) is 0 Å². The molecule has 0 fully saturated rings. The van der Waals surface area contributed by atoms with E-state index in [1.807, 2.05) is 0 Å². The van der Waals surface area contributed by atoms with Crippen LogP contribution in [0.25, 0.3) is 0 Å². The number of halogens is 2. The highest BCUT2D eigenvalue weighted by molar-refractivity contribution is 5.84. The first-order valence-electron chi connectivity index (χ1n) is 6.59. The monoisotopic (exact) mass is 313 g/mol. The third-order valence-electron chi connectivity index (χ3n) is 2.75. The van der Waals surface area contributed by atoms with E-state index in [1.165, 1.54) is 24.3 Å². The molecule has 1 atom stereocenters. The van der Waals surface area contributed by atoms with E-state index in [-0.39, 0.29) is 18.6 Å². The topological polar surface area (TPSA) is 75.6 Å². The Morgan fingerprint density at radius 1 is 1.32 bits per heavy atom. The number of alkyl halides is 2. The zero-order valence-electron chi connectivity index (χ0n) is 12.0. The van der Waals surface area contributed by atoms with Gasteiger partial charge in [0, 0.05) is 0 Å². The fraction of sp³-hybridized carbons (Fsp3) is 0.333. The second-order valence-corrected chi connectivity index (χ2v) is 4.46. The number of hydrogen-bond acceptors (Lipinski definition) is 3. The average molecular weight is 313 g/mol. The Kier molecular flexibility index (Phi) is 7.01. The Hall–Kier alpha value is -2.44. The van der Waals surface area contributed by atoms with E-state index >= 15 is 0 Å². The van der Waals surface area contributed by atoms with Crippen LogP contribution in [-0.2, 0) is 16.0 Å². The molecule has 0 heterocycles. The number of benzene rings is 1. The number of nitrogens with one attached hydrogen (secondary N) is 1. The molecule has 5 nitrogen and oxygen atoms in total. The molecule has 22 heavy (non-hydrogen) atoms. The molecule has 0 aromatic heterocycles. The van der Waals surface area contributed by atoms with Crippen molar-refractivity contribution in [2.24, 2.45) is 0 Å². The molecule has 1 aromatic rings. The zero-order valence-corrected chi connectivity index (χ0v) is 12.0. The third-order valence-corrected chi connectivity index (χ3v) is 2.75. The van der Waals surface area contributed by atoms with Gasteiger partial charge in [-0.25, -0.2) is 4.79 Å². The van der Waals surface area contributed by atoms with E-state index in [1.54, 1.807) is 19.1 Å². The van der Waals surface area contributed by atoms with Crippen LogP contribution in [0.4, 0.5) is 8.78 Å². The lowest BCUT2D eigenvalue weighted by molar-refractivity contribution is -0.141. The minimum atomic E-state index is -2.91. The first-order valence-corrected chi connectivity index (χ1v) is 6.59. The molecule has 0 spiro atoms. The Morgan fingerprint density at radius 2 is 1.95 bits per heavy atom. The number of hydrogen-bond donors (Lipinski definition) is 2. The molecule has 0 saturated carbocycles. The minimum absolute atomic E-state index is 0.00402. The lowest BCUT2D eigenvalue weighted by Gasteiger charge is -2.12. The highest BCUT2D eigenvalue weighted by Gasteiger charge is 2.18. The summed E-state index contributed by atoms with van der Waals surface area (Å²) in [5, 5.41) is 11.4. The highest BCUT2D eigenvalue weighted by atomic mass is 19.3. The summed E-state index contributed by atoms with van der Waals surface area (Å²) in [5.41, 5.74) is 0.564. The van der Waals surface area contributed by atoms with E-state index in [2.05, 4.69) is 10.1 Å². The molecule has 120 valence electrons. The number of allylic oxidation sites excluding steroid dienone is 1. The summed E-state index contributed by atoms with van der Waals surface area (Å²) < 4.78 is 28.2. The largest absolute Gasteiger partial charge is 0.480 e. The van der Waals surface area contributed by atoms with Crippen molar-refractivity contribution >= 4 is 11.9 Å². The van der Waals surface area contributed by atoms with Crippen molar-refractivity contribution in [3.05, 3.63) is 42.0 Å². The summed E-state index contributed by atoms with van der Waals surface area (Å²) in [7, 11) is 0. The smallest absolute Gasteiger partial charge is 0.387 e. The fourth-order valence-corrected chi connectivity index (χ4v) is 1.71. The van der Waals surface area contributed by atoms with Crippen molar-refractivity contribution in [1.29, 1.82) is 0 Å². The predicted molar refractivity (Wildman–Crippen MR) is 75.8 cm³/mol. The van der Waals surface area contributed by atoms with Crippen molar-refractivity contribution < 1.29 is 28.2 Å². The maximum atomic E-state index is 12.0. The maximum Gasteiger partial charge on any atom is 0.387 e. The summed E-state index contributed by atoms with van der Waals surface area (Å²) in [6.45, 7) is -1.15. The predicted octanol–water partition coefficient (Wildman–Crippen LogP) is 2.37. The first kappa shape index (κ1) is 17.6. The van der Waals surface area contributed by atoms with E-state index in [0.29, 0.717) is 5.56 Å². The van der Waals surface area contributed by atoms with Gasteiger partial charge in [0.1, 0.15) is 11.8 Å². The fourth-order valence-electron chi connectivity index (χ4n) is 1.71.